The number of aliphatic hydroxyl groups is 1. The van der Waals surface area contributed by atoms with Crippen molar-refractivity contribution in [3.8, 4) is 11.3 Å². The third-order valence-electron chi connectivity index (χ3n) is 7.55. The van der Waals surface area contributed by atoms with E-state index in [1.807, 2.05) is 0 Å². The lowest BCUT2D eigenvalue weighted by atomic mass is 9.88. The molecule has 8 nitrogen and oxygen atoms in total. The molecular weight excluding hydrogens is 562 g/mol. The number of likely N-dealkylation sites (N-methyl/N-ethyl adjacent to an activating group) is 1. The number of benzene rings is 2. The lowest BCUT2D eigenvalue weighted by Gasteiger charge is -2.31. The van der Waals surface area contributed by atoms with Crippen LogP contribution in [0.25, 0.3) is 11.3 Å². The van der Waals surface area contributed by atoms with Crippen molar-refractivity contribution in [1.82, 2.24) is 14.6 Å². The Morgan fingerprint density at radius 2 is 1.80 bits per heavy atom. The van der Waals surface area contributed by atoms with Crippen LogP contribution in [0.5, 0.6) is 0 Å². The van der Waals surface area contributed by atoms with Crippen LogP contribution in [0.1, 0.15) is 43.5 Å². The standard InChI is InChI=1S/C31H38ClN3O5S/c1-31(2,18-21-15-22-7-4-5-8-23(22)16-21)33-19-25(36)20-35(3)41(39,40)26-12-13-27(28(32)17-26)29-10-6-9-24(34-29)11-14-30(37)38/h4-10,12-13,17,21,25,33,36H,11,14-16,18-20H2,1-3H3,(H,37,38)/t25-/m1/s1. The van der Waals surface area contributed by atoms with E-state index < -0.39 is 22.1 Å². The molecule has 0 saturated carbocycles. The summed E-state index contributed by atoms with van der Waals surface area (Å²) in [5.74, 6) is -0.376. The van der Waals surface area contributed by atoms with Gasteiger partial charge >= 0.3 is 5.97 Å². The quantitative estimate of drug-likeness (QED) is 0.263. The topological polar surface area (TPSA) is 120 Å². The number of aliphatic carboxylic acids is 1. The van der Waals surface area contributed by atoms with Crippen molar-refractivity contribution < 1.29 is 23.4 Å². The maximum Gasteiger partial charge on any atom is 0.303 e. The maximum absolute atomic E-state index is 13.3. The van der Waals surface area contributed by atoms with E-state index in [0.717, 1.165) is 23.6 Å². The Kier molecular flexibility index (Phi) is 9.87. The number of hydrogen-bond acceptors (Lipinski definition) is 6. The number of β-amino-alcohol motifs (C(OH)–C–C–N with tert-alkyl or cyclic N) is 1. The maximum atomic E-state index is 13.3. The van der Waals surface area contributed by atoms with Gasteiger partial charge < -0.3 is 15.5 Å². The summed E-state index contributed by atoms with van der Waals surface area (Å²) in [7, 11) is -2.47. The van der Waals surface area contributed by atoms with Gasteiger partial charge in [-0.2, -0.15) is 4.31 Å². The van der Waals surface area contributed by atoms with Crippen molar-refractivity contribution in [3.05, 3.63) is 82.5 Å². The predicted molar refractivity (Wildman–Crippen MR) is 161 cm³/mol. The van der Waals surface area contributed by atoms with Gasteiger partial charge in [0.25, 0.3) is 0 Å². The Hall–Kier alpha value is -2.82. The number of rotatable bonds is 13. The molecule has 220 valence electrons. The normalized spacial score (nSPS) is 14.8. The molecule has 1 aliphatic rings. The first-order valence-corrected chi connectivity index (χ1v) is 15.6. The number of halogens is 1. The van der Waals surface area contributed by atoms with Gasteiger partial charge in [0, 0.05) is 43.4 Å². The van der Waals surface area contributed by atoms with E-state index in [4.69, 9.17) is 16.7 Å². The molecule has 10 heteroatoms. The monoisotopic (exact) mass is 599 g/mol. The van der Waals surface area contributed by atoms with E-state index in [1.54, 1.807) is 24.3 Å². The number of carboxylic acid groups (broad SMARTS) is 1. The molecule has 2 aromatic carbocycles. The van der Waals surface area contributed by atoms with Gasteiger partial charge in [0.1, 0.15) is 0 Å². The van der Waals surface area contributed by atoms with Crippen LogP contribution in [0, 0.1) is 5.92 Å². The van der Waals surface area contributed by atoms with Crippen LogP contribution < -0.4 is 5.32 Å². The number of aromatic nitrogens is 1. The predicted octanol–water partition coefficient (Wildman–Crippen LogP) is 4.57. The summed E-state index contributed by atoms with van der Waals surface area (Å²) in [5.41, 5.74) is 4.29. The molecule has 0 saturated heterocycles. The van der Waals surface area contributed by atoms with Gasteiger partial charge in [0.2, 0.25) is 10.0 Å². The highest BCUT2D eigenvalue weighted by Crippen LogP contribution is 2.32. The molecule has 3 aromatic rings. The highest BCUT2D eigenvalue weighted by Gasteiger charge is 2.29. The number of pyridine rings is 1. The van der Waals surface area contributed by atoms with E-state index in [2.05, 4.69) is 48.4 Å². The molecular formula is C31H38ClN3O5S. The first kappa shape index (κ1) is 31.1. The summed E-state index contributed by atoms with van der Waals surface area (Å²) in [5, 5.41) is 23.3. The third-order valence-corrected chi connectivity index (χ3v) is 9.68. The van der Waals surface area contributed by atoms with Crippen molar-refractivity contribution in [1.29, 1.82) is 0 Å². The van der Waals surface area contributed by atoms with Crippen molar-refractivity contribution >= 4 is 27.6 Å². The zero-order valence-electron chi connectivity index (χ0n) is 23.7. The zero-order valence-corrected chi connectivity index (χ0v) is 25.3. The van der Waals surface area contributed by atoms with E-state index in [1.165, 1.54) is 30.3 Å². The van der Waals surface area contributed by atoms with Crippen molar-refractivity contribution in [2.24, 2.45) is 5.92 Å². The molecule has 0 radical (unpaired) electrons. The number of sulfonamides is 1. The van der Waals surface area contributed by atoms with Gasteiger partial charge in [-0.3, -0.25) is 9.78 Å². The molecule has 0 bridgehead atoms. The fourth-order valence-corrected chi connectivity index (χ4v) is 7.07. The zero-order chi connectivity index (χ0) is 29.8. The van der Waals surface area contributed by atoms with Crippen LogP contribution in [0.15, 0.2) is 65.6 Å². The highest BCUT2D eigenvalue weighted by molar-refractivity contribution is 7.89. The minimum atomic E-state index is -3.91. The average Bonchev–Trinajstić information content (AvgIpc) is 3.32. The van der Waals surface area contributed by atoms with Gasteiger partial charge in [0.05, 0.1) is 28.1 Å². The van der Waals surface area contributed by atoms with Gasteiger partial charge in [-0.25, -0.2) is 8.42 Å². The number of aryl methyl sites for hydroxylation is 1. The Morgan fingerprint density at radius 1 is 1.12 bits per heavy atom. The largest absolute Gasteiger partial charge is 0.481 e. The van der Waals surface area contributed by atoms with Crippen LogP contribution in [0.3, 0.4) is 0 Å². The van der Waals surface area contributed by atoms with Gasteiger partial charge in [-0.05, 0) is 80.5 Å². The summed E-state index contributed by atoms with van der Waals surface area (Å²) in [6, 6.07) is 18.2. The highest BCUT2D eigenvalue weighted by atomic mass is 35.5. The number of carboxylic acids is 1. The summed E-state index contributed by atoms with van der Waals surface area (Å²) in [4.78, 5) is 15.4. The Bertz CT molecular complexity index is 1470. The van der Waals surface area contributed by atoms with Crippen LogP contribution >= 0.6 is 11.6 Å². The molecule has 0 unspecified atom stereocenters. The van der Waals surface area contributed by atoms with Gasteiger partial charge in [0.15, 0.2) is 0 Å². The van der Waals surface area contributed by atoms with Crippen molar-refractivity contribution in [2.75, 3.05) is 20.1 Å². The Balaban J connectivity index is 1.33. The van der Waals surface area contributed by atoms with E-state index in [9.17, 15) is 18.3 Å². The summed E-state index contributed by atoms with van der Waals surface area (Å²) in [6.07, 6.45) is 2.40. The Labute approximate surface area is 247 Å². The molecule has 3 N–H and O–H groups in total. The summed E-state index contributed by atoms with van der Waals surface area (Å²) in [6.45, 7) is 4.41. The van der Waals surface area contributed by atoms with Crippen LogP contribution in [-0.2, 0) is 34.1 Å². The van der Waals surface area contributed by atoms with Crippen molar-refractivity contribution in [2.45, 2.75) is 62.5 Å². The molecule has 0 spiro atoms. The number of fused-ring (bicyclic) bond motifs is 1. The first-order valence-electron chi connectivity index (χ1n) is 13.8. The number of nitrogens with zero attached hydrogens (tertiary/aromatic N) is 2. The first-order chi connectivity index (χ1) is 19.3. The smallest absolute Gasteiger partial charge is 0.303 e. The van der Waals surface area contributed by atoms with Crippen LogP contribution in [-0.4, -0.2) is 65.7 Å². The number of carbonyl (C=O) groups is 1. The molecule has 0 aliphatic heterocycles. The second kappa shape index (κ2) is 13.0. The SMILES string of the molecule is CN(C[C@H](O)CNC(C)(C)CC1Cc2ccccc2C1)S(=O)(=O)c1ccc(-c2cccc(CCC(=O)O)n2)c(Cl)c1. The second-order valence-corrected chi connectivity index (χ2v) is 14.0. The summed E-state index contributed by atoms with van der Waals surface area (Å²) < 4.78 is 27.7. The minimum Gasteiger partial charge on any atom is -0.481 e. The number of nitrogens with one attached hydrogen (secondary N) is 1. The lowest BCUT2D eigenvalue weighted by Crippen LogP contribution is -2.47. The number of hydrogen-bond donors (Lipinski definition) is 3. The van der Waals surface area contributed by atoms with Gasteiger partial charge in [-0.15, -0.1) is 0 Å². The molecule has 0 fully saturated rings. The molecule has 41 heavy (non-hydrogen) atoms. The Morgan fingerprint density at radius 3 is 2.44 bits per heavy atom. The molecule has 1 heterocycles. The van der Waals surface area contributed by atoms with Gasteiger partial charge in [-0.1, -0.05) is 41.9 Å². The van der Waals surface area contributed by atoms with Crippen molar-refractivity contribution in [3.63, 3.8) is 0 Å². The fraction of sp³-hybridized carbons (Fsp3) is 0.419. The van der Waals surface area contributed by atoms with E-state index in [0.29, 0.717) is 22.9 Å². The van der Waals surface area contributed by atoms with E-state index >= 15 is 0 Å². The molecule has 1 aromatic heterocycles. The third kappa shape index (κ3) is 8.14. The number of aliphatic hydroxyl groups excluding tert-OH is 1. The fourth-order valence-electron chi connectivity index (χ4n) is 5.49. The van der Waals surface area contributed by atoms with Crippen LogP contribution in [0.4, 0.5) is 0 Å². The van der Waals surface area contributed by atoms with E-state index in [-0.39, 0.29) is 41.4 Å². The van der Waals surface area contributed by atoms with Crippen LogP contribution in [0.2, 0.25) is 5.02 Å². The molecule has 1 aliphatic carbocycles. The minimum absolute atomic E-state index is 0.0112. The molecule has 0 amide bonds. The second-order valence-electron chi connectivity index (χ2n) is 11.5. The summed E-state index contributed by atoms with van der Waals surface area (Å²) >= 11 is 6.48. The average molecular weight is 600 g/mol. The molecule has 1 atom stereocenters. The lowest BCUT2D eigenvalue weighted by molar-refractivity contribution is -0.136. The molecule has 4 rings (SSSR count).